The van der Waals surface area contributed by atoms with Crippen LogP contribution in [0.3, 0.4) is 0 Å². The van der Waals surface area contributed by atoms with Crippen molar-refractivity contribution in [3.8, 4) is 0 Å². The number of hydrogen-bond acceptors (Lipinski definition) is 1. The first-order chi connectivity index (χ1) is 9.01. The van der Waals surface area contributed by atoms with Gasteiger partial charge in [0.15, 0.2) is 0 Å². The lowest BCUT2D eigenvalue weighted by Crippen LogP contribution is -2.36. The van der Waals surface area contributed by atoms with Crippen molar-refractivity contribution in [2.75, 3.05) is 11.4 Å². The van der Waals surface area contributed by atoms with Gasteiger partial charge < -0.3 is 4.90 Å². The van der Waals surface area contributed by atoms with Crippen molar-refractivity contribution in [2.24, 2.45) is 5.92 Å². The second-order valence-corrected chi connectivity index (χ2v) is 5.09. The van der Waals surface area contributed by atoms with Crippen LogP contribution in [0.15, 0.2) is 18.2 Å². The van der Waals surface area contributed by atoms with Gasteiger partial charge in [-0.1, -0.05) is 27.2 Å². The third kappa shape index (κ3) is 4.05. The number of nitrogens with zero attached hydrogens (tertiary/aromatic N) is 1. The fraction of sp³-hybridized carbons (Fsp3) is 0.562. The molecule has 1 unspecified atom stereocenters. The van der Waals surface area contributed by atoms with Gasteiger partial charge in [0.05, 0.1) is 0 Å². The van der Waals surface area contributed by atoms with Crippen molar-refractivity contribution in [3.63, 3.8) is 0 Å². The van der Waals surface area contributed by atoms with E-state index in [-0.39, 0.29) is 17.6 Å². The van der Waals surface area contributed by atoms with Crippen molar-refractivity contribution in [1.29, 1.82) is 0 Å². The molecule has 0 saturated heterocycles. The Bertz CT molecular complexity index is 431. The molecule has 0 spiro atoms. The normalized spacial score (nSPS) is 12.3. The van der Waals surface area contributed by atoms with E-state index in [1.165, 1.54) is 6.07 Å². The number of carbonyl (C=O) groups excluding carboxylic acids is 1. The molecular weight excluding hydrogens is 241 g/mol. The molecule has 0 heterocycles. The molecule has 0 N–H and O–H groups in total. The first-order valence-corrected chi connectivity index (χ1v) is 7.08. The van der Waals surface area contributed by atoms with Crippen molar-refractivity contribution in [1.82, 2.24) is 0 Å². The summed E-state index contributed by atoms with van der Waals surface area (Å²) in [7, 11) is 0. The van der Waals surface area contributed by atoms with Crippen LogP contribution in [-0.4, -0.2) is 12.5 Å². The minimum atomic E-state index is -0.227. The summed E-state index contributed by atoms with van der Waals surface area (Å²) >= 11 is 0. The molecule has 1 aromatic rings. The molecule has 0 fully saturated rings. The Hall–Kier alpha value is -1.38. The summed E-state index contributed by atoms with van der Waals surface area (Å²) in [4.78, 5) is 14.2. The van der Waals surface area contributed by atoms with Crippen molar-refractivity contribution in [2.45, 2.75) is 47.0 Å². The highest BCUT2D eigenvalue weighted by molar-refractivity contribution is 5.94. The lowest BCUT2D eigenvalue weighted by molar-refractivity contribution is -0.122. The van der Waals surface area contributed by atoms with E-state index in [9.17, 15) is 9.18 Å². The zero-order valence-electron chi connectivity index (χ0n) is 12.4. The highest BCUT2D eigenvalue weighted by Crippen LogP contribution is 2.21. The van der Waals surface area contributed by atoms with Gasteiger partial charge in [-0.05, 0) is 43.5 Å². The van der Waals surface area contributed by atoms with E-state index in [0.717, 1.165) is 24.9 Å². The lowest BCUT2D eigenvalue weighted by Gasteiger charge is -2.26. The van der Waals surface area contributed by atoms with Crippen LogP contribution < -0.4 is 4.90 Å². The van der Waals surface area contributed by atoms with Gasteiger partial charge in [-0.3, -0.25) is 4.79 Å². The number of carbonyl (C=O) groups is 1. The fourth-order valence-corrected chi connectivity index (χ4v) is 1.92. The molecule has 2 nitrogen and oxygen atoms in total. The standard InChI is InChI=1S/C16H24FNO/c1-5-7-10-18(16(19)12(3)6-2)14-8-9-15(17)13(4)11-14/h8-9,11-12H,5-7,10H2,1-4H3. The van der Waals surface area contributed by atoms with Crippen LogP contribution >= 0.6 is 0 Å². The monoisotopic (exact) mass is 265 g/mol. The molecule has 19 heavy (non-hydrogen) atoms. The van der Waals surface area contributed by atoms with E-state index >= 15 is 0 Å². The van der Waals surface area contributed by atoms with Gasteiger partial charge in [-0.15, -0.1) is 0 Å². The Balaban J connectivity index is 3.01. The fourth-order valence-electron chi connectivity index (χ4n) is 1.92. The third-order valence-corrected chi connectivity index (χ3v) is 3.49. The summed E-state index contributed by atoms with van der Waals surface area (Å²) in [6, 6.07) is 4.89. The van der Waals surface area contributed by atoms with Crippen LogP contribution in [0.4, 0.5) is 10.1 Å². The van der Waals surface area contributed by atoms with E-state index in [1.54, 1.807) is 24.0 Å². The maximum Gasteiger partial charge on any atom is 0.229 e. The van der Waals surface area contributed by atoms with E-state index < -0.39 is 0 Å². The van der Waals surface area contributed by atoms with Gasteiger partial charge in [0.25, 0.3) is 0 Å². The maximum absolute atomic E-state index is 13.3. The smallest absolute Gasteiger partial charge is 0.229 e. The van der Waals surface area contributed by atoms with Gasteiger partial charge in [-0.2, -0.15) is 0 Å². The Morgan fingerprint density at radius 1 is 1.37 bits per heavy atom. The second-order valence-electron chi connectivity index (χ2n) is 5.09. The molecule has 1 rings (SSSR count). The Labute approximate surface area is 115 Å². The molecule has 1 atom stereocenters. The van der Waals surface area contributed by atoms with Crippen LogP contribution in [0.25, 0.3) is 0 Å². The summed E-state index contributed by atoms with van der Waals surface area (Å²) in [5.41, 5.74) is 1.38. The highest BCUT2D eigenvalue weighted by atomic mass is 19.1. The number of halogens is 1. The summed E-state index contributed by atoms with van der Waals surface area (Å²) < 4.78 is 13.3. The molecule has 0 bridgehead atoms. The average Bonchev–Trinajstić information content (AvgIpc) is 2.41. The van der Waals surface area contributed by atoms with Crippen molar-refractivity contribution in [3.05, 3.63) is 29.6 Å². The van der Waals surface area contributed by atoms with Crippen LogP contribution in [0, 0.1) is 18.7 Å². The zero-order valence-corrected chi connectivity index (χ0v) is 12.4. The average molecular weight is 265 g/mol. The van der Waals surface area contributed by atoms with Crippen molar-refractivity contribution < 1.29 is 9.18 Å². The maximum atomic E-state index is 13.3. The number of rotatable bonds is 6. The van der Waals surface area contributed by atoms with E-state index in [1.807, 2.05) is 13.8 Å². The molecule has 3 heteroatoms. The number of aryl methyl sites for hydroxylation is 1. The van der Waals surface area contributed by atoms with Crippen LogP contribution in [0.2, 0.25) is 0 Å². The number of unbranched alkanes of at least 4 members (excludes halogenated alkanes) is 1. The number of anilines is 1. The van der Waals surface area contributed by atoms with Gasteiger partial charge in [-0.25, -0.2) is 4.39 Å². The zero-order chi connectivity index (χ0) is 14.4. The minimum Gasteiger partial charge on any atom is -0.312 e. The van der Waals surface area contributed by atoms with Gasteiger partial charge in [0, 0.05) is 18.2 Å². The Kier molecular flexibility index (Phi) is 6.00. The van der Waals surface area contributed by atoms with Crippen molar-refractivity contribution >= 4 is 11.6 Å². The summed E-state index contributed by atoms with van der Waals surface area (Å²) in [5, 5.41) is 0. The first kappa shape index (κ1) is 15.7. The Morgan fingerprint density at radius 3 is 2.58 bits per heavy atom. The SMILES string of the molecule is CCCCN(C(=O)C(C)CC)c1ccc(F)c(C)c1. The van der Waals surface area contributed by atoms with Crippen LogP contribution in [-0.2, 0) is 4.79 Å². The molecule has 106 valence electrons. The molecule has 0 radical (unpaired) electrons. The summed E-state index contributed by atoms with van der Waals surface area (Å²) in [6.07, 6.45) is 2.81. The summed E-state index contributed by atoms with van der Waals surface area (Å²) in [6.45, 7) is 8.48. The first-order valence-electron chi connectivity index (χ1n) is 7.08. The largest absolute Gasteiger partial charge is 0.312 e. The molecule has 0 aliphatic rings. The molecule has 1 aromatic carbocycles. The predicted molar refractivity (Wildman–Crippen MR) is 77.9 cm³/mol. The molecular formula is C16H24FNO. The van der Waals surface area contributed by atoms with Gasteiger partial charge in [0.1, 0.15) is 5.82 Å². The molecule has 0 aliphatic carbocycles. The lowest BCUT2D eigenvalue weighted by atomic mass is 10.1. The predicted octanol–water partition coefficient (Wildman–Crippen LogP) is 4.31. The molecule has 1 amide bonds. The van der Waals surface area contributed by atoms with E-state index in [2.05, 4.69) is 6.92 Å². The second kappa shape index (κ2) is 7.27. The van der Waals surface area contributed by atoms with Gasteiger partial charge in [0.2, 0.25) is 5.91 Å². The van der Waals surface area contributed by atoms with E-state index in [0.29, 0.717) is 12.1 Å². The molecule has 0 aliphatic heterocycles. The number of benzene rings is 1. The van der Waals surface area contributed by atoms with Crippen LogP contribution in [0.1, 0.15) is 45.6 Å². The molecule has 0 aromatic heterocycles. The number of amides is 1. The molecule has 0 saturated carbocycles. The quantitative estimate of drug-likeness (QED) is 0.750. The van der Waals surface area contributed by atoms with Crippen LogP contribution in [0.5, 0.6) is 0 Å². The van der Waals surface area contributed by atoms with E-state index in [4.69, 9.17) is 0 Å². The highest BCUT2D eigenvalue weighted by Gasteiger charge is 2.20. The minimum absolute atomic E-state index is 0.00205. The van der Waals surface area contributed by atoms with Gasteiger partial charge >= 0.3 is 0 Å². The summed E-state index contributed by atoms with van der Waals surface area (Å²) in [5.74, 6) is -0.0978. The number of hydrogen-bond donors (Lipinski definition) is 0. The Morgan fingerprint density at radius 2 is 2.05 bits per heavy atom. The topological polar surface area (TPSA) is 20.3 Å². The third-order valence-electron chi connectivity index (χ3n) is 3.49.